The smallest absolute Gasteiger partial charge is 0.328 e. The molecule has 11 heavy (non-hydrogen) atoms. The summed E-state index contributed by atoms with van der Waals surface area (Å²) in [4.78, 5) is 10.1. The monoisotopic (exact) mass is 232 g/mol. The van der Waals surface area contributed by atoms with Gasteiger partial charge in [0.25, 0.3) is 0 Å². The summed E-state index contributed by atoms with van der Waals surface area (Å²) in [5.41, 5.74) is 0.907. The Balaban J connectivity index is 2.71. The average molecular weight is 233 g/mol. The quantitative estimate of drug-likeness (QED) is 0.797. The van der Waals surface area contributed by atoms with E-state index in [-0.39, 0.29) is 0 Å². The minimum Gasteiger partial charge on any atom is -0.478 e. The highest BCUT2D eigenvalue weighted by Crippen LogP contribution is 2.21. The van der Waals surface area contributed by atoms with Crippen LogP contribution in [0.15, 0.2) is 21.3 Å². The Morgan fingerprint density at radius 3 is 2.91 bits per heavy atom. The summed E-state index contributed by atoms with van der Waals surface area (Å²) in [6, 6.07) is 1.87. The normalized spacial score (nSPS) is 10.6. The van der Waals surface area contributed by atoms with E-state index in [0.717, 1.165) is 15.4 Å². The number of aliphatic carboxylic acids is 1. The fraction of sp³-hybridized carbons (Fsp3) is 0. The fourth-order valence-electron chi connectivity index (χ4n) is 0.578. The van der Waals surface area contributed by atoms with Crippen molar-refractivity contribution in [2.45, 2.75) is 0 Å². The molecule has 0 aliphatic carbocycles. The van der Waals surface area contributed by atoms with Crippen molar-refractivity contribution in [1.29, 1.82) is 0 Å². The first kappa shape index (κ1) is 8.49. The Morgan fingerprint density at radius 2 is 2.45 bits per heavy atom. The lowest BCUT2D eigenvalue weighted by Crippen LogP contribution is -1.84. The third-order valence-electron chi connectivity index (χ3n) is 1.01. The zero-order valence-corrected chi connectivity index (χ0v) is 7.85. The molecule has 1 rings (SSSR count). The first-order valence-corrected chi connectivity index (χ1v) is 4.51. The van der Waals surface area contributed by atoms with Gasteiger partial charge in [0.1, 0.15) is 0 Å². The summed E-state index contributed by atoms with van der Waals surface area (Å²) in [7, 11) is 0. The highest BCUT2D eigenvalue weighted by molar-refractivity contribution is 9.11. The van der Waals surface area contributed by atoms with Gasteiger partial charge < -0.3 is 5.11 Å². The average Bonchev–Trinajstić information content (AvgIpc) is 2.31. The van der Waals surface area contributed by atoms with Crippen molar-refractivity contribution in [2.75, 3.05) is 0 Å². The van der Waals surface area contributed by atoms with Gasteiger partial charge in [-0.15, -0.1) is 11.3 Å². The minimum absolute atomic E-state index is 0.907. The second-order valence-corrected chi connectivity index (χ2v) is 4.15. The number of halogens is 1. The Kier molecular flexibility index (Phi) is 2.84. The van der Waals surface area contributed by atoms with Gasteiger partial charge in [-0.3, -0.25) is 0 Å². The highest BCUT2D eigenvalue weighted by Gasteiger charge is 1.92. The van der Waals surface area contributed by atoms with Crippen LogP contribution < -0.4 is 0 Å². The van der Waals surface area contributed by atoms with Crippen molar-refractivity contribution in [3.05, 3.63) is 26.9 Å². The van der Waals surface area contributed by atoms with Crippen LogP contribution in [-0.2, 0) is 4.79 Å². The maximum atomic E-state index is 10.1. The van der Waals surface area contributed by atoms with Crippen molar-refractivity contribution in [3.8, 4) is 0 Å². The standard InChI is InChI=1S/C7H5BrO2S/c8-6-3-5(4-11-6)1-2-7(9)10/h1-4H,(H,9,10)/b2-1+. The third-order valence-corrected chi connectivity index (χ3v) is 2.53. The summed E-state index contributed by atoms with van der Waals surface area (Å²) in [6.45, 7) is 0. The van der Waals surface area contributed by atoms with E-state index in [9.17, 15) is 4.79 Å². The molecular formula is C7H5BrO2S. The minimum atomic E-state index is -0.924. The summed E-state index contributed by atoms with van der Waals surface area (Å²) < 4.78 is 1.00. The van der Waals surface area contributed by atoms with Crippen molar-refractivity contribution < 1.29 is 9.90 Å². The molecule has 0 amide bonds. The van der Waals surface area contributed by atoms with Crippen LogP contribution >= 0.6 is 27.3 Å². The fourth-order valence-corrected chi connectivity index (χ4v) is 1.72. The SMILES string of the molecule is O=C(O)/C=C/c1csc(Br)c1. The summed E-state index contributed by atoms with van der Waals surface area (Å²) in [5, 5.41) is 10.2. The second-order valence-electron chi connectivity index (χ2n) is 1.86. The molecular weight excluding hydrogens is 228 g/mol. The van der Waals surface area contributed by atoms with Gasteiger partial charge in [-0.2, -0.15) is 0 Å². The van der Waals surface area contributed by atoms with Gasteiger partial charge in [0, 0.05) is 6.08 Å². The molecule has 0 saturated carbocycles. The molecule has 0 atom stereocenters. The van der Waals surface area contributed by atoms with Crippen molar-refractivity contribution >= 4 is 39.3 Å². The van der Waals surface area contributed by atoms with Crippen molar-refractivity contribution in [3.63, 3.8) is 0 Å². The number of hydrogen-bond acceptors (Lipinski definition) is 2. The van der Waals surface area contributed by atoms with Crippen LogP contribution in [0.25, 0.3) is 6.08 Å². The van der Waals surface area contributed by atoms with Crippen molar-refractivity contribution in [2.24, 2.45) is 0 Å². The van der Waals surface area contributed by atoms with Crippen LogP contribution in [0.3, 0.4) is 0 Å². The molecule has 0 spiro atoms. The highest BCUT2D eigenvalue weighted by atomic mass is 79.9. The topological polar surface area (TPSA) is 37.3 Å². The lowest BCUT2D eigenvalue weighted by Gasteiger charge is -1.79. The van der Waals surface area contributed by atoms with E-state index in [0.29, 0.717) is 0 Å². The van der Waals surface area contributed by atoms with Gasteiger partial charge in [-0.1, -0.05) is 0 Å². The van der Waals surface area contributed by atoms with Gasteiger partial charge >= 0.3 is 5.97 Å². The largest absolute Gasteiger partial charge is 0.478 e. The van der Waals surface area contributed by atoms with Gasteiger partial charge in [0.15, 0.2) is 0 Å². The molecule has 1 aromatic rings. The van der Waals surface area contributed by atoms with E-state index in [1.165, 1.54) is 11.3 Å². The Morgan fingerprint density at radius 1 is 1.73 bits per heavy atom. The first-order chi connectivity index (χ1) is 5.18. The predicted octanol–water partition coefficient (Wildman–Crippen LogP) is 2.61. The maximum Gasteiger partial charge on any atom is 0.328 e. The van der Waals surface area contributed by atoms with Crippen LogP contribution in [0.2, 0.25) is 0 Å². The van der Waals surface area contributed by atoms with Gasteiger partial charge in [-0.05, 0) is 39.0 Å². The van der Waals surface area contributed by atoms with Crippen molar-refractivity contribution in [1.82, 2.24) is 0 Å². The Hall–Kier alpha value is -0.610. The van der Waals surface area contributed by atoms with E-state index in [4.69, 9.17) is 5.11 Å². The number of hydrogen-bond donors (Lipinski definition) is 1. The number of carboxylic acids is 1. The molecule has 0 aromatic carbocycles. The van der Waals surface area contributed by atoms with E-state index < -0.39 is 5.97 Å². The van der Waals surface area contributed by atoms with Crippen LogP contribution in [0.1, 0.15) is 5.56 Å². The molecule has 2 nitrogen and oxygen atoms in total. The Bertz CT molecular complexity index is 290. The summed E-state index contributed by atoms with van der Waals surface area (Å²) >= 11 is 4.80. The van der Waals surface area contributed by atoms with Crippen LogP contribution in [0.5, 0.6) is 0 Å². The molecule has 58 valence electrons. The van der Waals surface area contributed by atoms with Crippen LogP contribution in [-0.4, -0.2) is 11.1 Å². The van der Waals surface area contributed by atoms with E-state index in [1.807, 2.05) is 11.4 Å². The summed E-state index contributed by atoms with van der Waals surface area (Å²) in [5.74, 6) is -0.924. The number of rotatable bonds is 2. The lowest BCUT2D eigenvalue weighted by molar-refractivity contribution is -0.131. The zero-order chi connectivity index (χ0) is 8.27. The third kappa shape index (κ3) is 2.86. The molecule has 0 radical (unpaired) electrons. The predicted molar refractivity (Wildman–Crippen MR) is 48.7 cm³/mol. The number of carboxylic acid groups (broad SMARTS) is 1. The number of carbonyl (C=O) groups is 1. The van der Waals surface area contributed by atoms with Gasteiger partial charge in [-0.25, -0.2) is 4.79 Å². The van der Waals surface area contributed by atoms with E-state index in [1.54, 1.807) is 6.08 Å². The first-order valence-electron chi connectivity index (χ1n) is 2.83. The molecule has 0 aliphatic heterocycles. The van der Waals surface area contributed by atoms with Gasteiger partial charge in [0.2, 0.25) is 0 Å². The maximum absolute atomic E-state index is 10.1. The Labute approximate surface area is 76.3 Å². The molecule has 4 heteroatoms. The second kappa shape index (κ2) is 3.69. The van der Waals surface area contributed by atoms with Crippen LogP contribution in [0, 0.1) is 0 Å². The molecule has 1 N–H and O–H groups in total. The molecule has 0 unspecified atom stereocenters. The molecule has 0 fully saturated rings. The lowest BCUT2D eigenvalue weighted by atomic mass is 10.3. The van der Waals surface area contributed by atoms with Crippen LogP contribution in [0.4, 0.5) is 0 Å². The number of thiophene rings is 1. The molecule has 0 saturated heterocycles. The molecule has 0 aliphatic rings. The molecule has 1 aromatic heterocycles. The molecule has 0 bridgehead atoms. The summed E-state index contributed by atoms with van der Waals surface area (Å²) in [6.07, 6.45) is 2.68. The zero-order valence-electron chi connectivity index (χ0n) is 5.45. The molecule has 1 heterocycles. The van der Waals surface area contributed by atoms with Gasteiger partial charge in [0.05, 0.1) is 3.79 Å². The van der Waals surface area contributed by atoms with E-state index in [2.05, 4.69) is 15.9 Å². The van der Waals surface area contributed by atoms with E-state index >= 15 is 0 Å².